The molecule has 0 aliphatic carbocycles. The number of rotatable bonds is 7. The van der Waals surface area contributed by atoms with Gasteiger partial charge in [-0.1, -0.05) is 41.9 Å². The molecule has 0 saturated heterocycles. The topological polar surface area (TPSA) is 91.7 Å². The van der Waals surface area contributed by atoms with Gasteiger partial charge in [0.15, 0.2) is 0 Å². The first-order valence-corrected chi connectivity index (χ1v) is 7.86. The number of hydrogen-bond acceptors (Lipinski definition) is 5. The van der Waals surface area contributed by atoms with Crippen molar-refractivity contribution in [2.75, 3.05) is 6.54 Å². The SMILES string of the molecule is O=C(NCCC(O)C(O)c1cc(Cl)ccn1)OCc1ccccc1. The van der Waals surface area contributed by atoms with Crippen molar-refractivity contribution in [3.05, 3.63) is 64.9 Å². The third-order valence-corrected chi connectivity index (χ3v) is 3.57. The lowest BCUT2D eigenvalue weighted by molar-refractivity contribution is 0.0111. The minimum Gasteiger partial charge on any atom is -0.445 e. The molecule has 7 heteroatoms. The van der Waals surface area contributed by atoms with E-state index in [9.17, 15) is 15.0 Å². The van der Waals surface area contributed by atoms with Crippen LogP contribution in [0.2, 0.25) is 5.02 Å². The quantitative estimate of drug-likeness (QED) is 0.713. The molecule has 3 N–H and O–H groups in total. The number of pyridine rings is 1. The molecule has 2 rings (SSSR count). The van der Waals surface area contributed by atoms with Crippen LogP contribution >= 0.6 is 11.6 Å². The minimum atomic E-state index is -1.18. The summed E-state index contributed by atoms with van der Waals surface area (Å²) in [7, 11) is 0. The van der Waals surface area contributed by atoms with Crippen molar-refractivity contribution in [1.82, 2.24) is 10.3 Å². The van der Waals surface area contributed by atoms with E-state index in [0.29, 0.717) is 5.02 Å². The van der Waals surface area contributed by atoms with Crippen LogP contribution in [0.3, 0.4) is 0 Å². The van der Waals surface area contributed by atoms with E-state index in [1.54, 1.807) is 6.07 Å². The number of aliphatic hydroxyl groups excluding tert-OH is 2. The van der Waals surface area contributed by atoms with Crippen LogP contribution in [0.25, 0.3) is 0 Å². The predicted octanol–water partition coefficient (Wildman–Crippen LogP) is 2.45. The summed E-state index contributed by atoms with van der Waals surface area (Å²) < 4.78 is 5.05. The van der Waals surface area contributed by atoms with Gasteiger partial charge in [-0.2, -0.15) is 0 Å². The van der Waals surface area contributed by atoms with Gasteiger partial charge in [-0.3, -0.25) is 4.98 Å². The summed E-state index contributed by atoms with van der Waals surface area (Å²) in [5.74, 6) is 0. The third kappa shape index (κ3) is 5.81. The maximum atomic E-state index is 11.6. The molecule has 0 saturated carbocycles. The number of carbonyl (C=O) groups is 1. The van der Waals surface area contributed by atoms with E-state index in [-0.39, 0.29) is 25.3 Å². The van der Waals surface area contributed by atoms with Crippen LogP contribution in [0.1, 0.15) is 23.8 Å². The van der Waals surface area contributed by atoms with Crippen LogP contribution in [-0.2, 0) is 11.3 Å². The van der Waals surface area contributed by atoms with E-state index in [1.165, 1.54) is 12.3 Å². The van der Waals surface area contributed by atoms with Crippen LogP contribution in [0.5, 0.6) is 0 Å². The van der Waals surface area contributed by atoms with Crippen molar-refractivity contribution >= 4 is 17.7 Å². The first-order valence-electron chi connectivity index (χ1n) is 7.48. The summed E-state index contributed by atoms with van der Waals surface area (Å²) in [6.07, 6.45) is -1.24. The van der Waals surface area contributed by atoms with Crippen molar-refractivity contribution in [2.45, 2.75) is 25.2 Å². The second kappa shape index (κ2) is 9.22. The number of hydrogen-bond donors (Lipinski definition) is 3. The highest BCUT2D eigenvalue weighted by Crippen LogP contribution is 2.19. The molecule has 6 nitrogen and oxygen atoms in total. The number of benzene rings is 1. The molecule has 1 heterocycles. The Bertz CT molecular complexity index is 654. The summed E-state index contributed by atoms with van der Waals surface area (Å²) in [5, 5.41) is 22.9. The van der Waals surface area contributed by atoms with Gasteiger partial charge in [0, 0.05) is 17.8 Å². The molecule has 1 amide bonds. The zero-order valence-electron chi connectivity index (χ0n) is 12.9. The smallest absolute Gasteiger partial charge is 0.407 e. The van der Waals surface area contributed by atoms with Gasteiger partial charge in [0.2, 0.25) is 0 Å². The normalized spacial score (nSPS) is 13.1. The standard InChI is InChI=1S/C17H19ClN2O4/c18-13-6-8-19-14(10-13)16(22)15(21)7-9-20-17(23)24-11-12-4-2-1-3-5-12/h1-6,8,10,15-16,21-22H,7,9,11H2,(H,20,23). The Hall–Kier alpha value is -2.15. The molecule has 0 fully saturated rings. The number of aromatic nitrogens is 1. The predicted molar refractivity (Wildman–Crippen MR) is 89.5 cm³/mol. The van der Waals surface area contributed by atoms with Crippen LogP contribution in [0.15, 0.2) is 48.7 Å². The molecule has 24 heavy (non-hydrogen) atoms. The van der Waals surface area contributed by atoms with Crippen molar-refractivity contribution in [3.8, 4) is 0 Å². The molecule has 0 aliphatic rings. The molecule has 2 unspecified atom stereocenters. The van der Waals surface area contributed by atoms with Gasteiger partial charge in [0.25, 0.3) is 0 Å². The van der Waals surface area contributed by atoms with Crippen molar-refractivity contribution in [2.24, 2.45) is 0 Å². The number of nitrogens with zero attached hydrogens (tertiary/aromatic N) is 1. The first-order chi connectivity index (χ1) is 11.6. The van der Waals surface area contributed by atoms with Crippen LogP contribution in [-0.4, -0.2) is 33.9 Å². The number of alkyl carbamates (subject to hydrolysis) is 1. The van der Waals surface area contributed by atoms with Gasteiger partial charge in [-0.25, -0.2) is 4.79 Å². The Morgan fingerprint density at radius 1 is 1.25 bits per heavy atom. The van der Waals surface area contributed by atoms with Crippen LogP contribution in [0, 0.1) is 0 Å². The highest BCUT2D eigenvalue weighted by atomic mass is 35.5. The Labute approximate surface area is 145 Å². The fraction of sp³-hybridized carbons (Fsp3) is 0.294. The van der Waals surface area contributed by atoms with Crippen LogP contribution < -0.4 is 5.32 Å². The lowest BCUT2D eigenvalue weighted by atomic mass is 10.1. The van der Waals surface area contributed by atoms with Gasteiger partial charge >= 0.3 is 6.09 Å². The van der Waals surface area contributed by atoms with Crippen molar-refractivity contribution in [1.29, 1.82) is 0 Å². The summed E-state index contributed by atoms with van der Waals surface area (Å²) in [5.41, 5.74) is 1.16. The Morgan fingerprint density at radius 3 is 2.71 bits per heavy atom. The molecule has 1 aromatic heterocycles. The molecule has 2 aromatic rings. The maximum absolute atomic E-state index is 11.6. The third-order valence-electron chi connectivity index (χ3n) is 3.33. The van der Waals surface area contributed by atoms with E-state index < -0.39 is 18.3 Å². The Balaban J connectivity index is 1.70. The Morgan fingerprint density at radius 2 is 2.00 bits per heavy atom. The fourth-order valence-electron chi connectivity index (χ4n) is 2.03. The van der Waals surface area contributed by atoms with Gasteiger partial charge in [-0.05, 0) is 24.1 Å². The summed E-state index contributed by atoms with van der Waals surface area (Å²) in [4.78, 5) is 15.5. The van der Waals surface area contributed by atoms with E-state index in [2.05, 4.69) is 10.3 Å². The summed E-state index contributed by atoms with van der Waals surface area (Å²) in [6, 6.07) is 12.4. The number of carbonyl (C=O) groups excluding carboxylic acids is 1. The molecule has 0 bridgehead atoms. The zero-order valence-corrected chi connectivity index (χ0v) is 13.7. The fourth-order valence-corrected chi connectivity index (χ4v) is 2.20. The number of ether oxygens (including phenoxy) is 1. The van der Waals surface area contributed by atoms with Gasteiger partial charge in [0.1, 0.15) is 12.7 Å². The average molecular weight is 351 g/mol. The number of amides is 1. The van der Waals surface area contributed by atoms with Gasteiger partial charge in [-0.15, -0.1) is 0 Å². The first kappa shape index (κ1) is 18.2. The summed E-state index contributed by atoms with van der Waals surface area (Å²) >= 11 is 5.82. The van der Waals surface area contributed by atoms with E-state index in [0.717, 1.165) is 5.56 Å². The molecule has 0 radical (unpaired) electrons. The number of halogens is 1. The van der Waals surface area contributed by atoms with E-state index in [1.807, 2.05) is 30.3 Å². The molecule has 2 atom stereocenters. The molecule has 1 aromatic carbocycles. The molecular formula is C17H19ClN2O4. The number of nitrogens with one attached hydrogen (secondary N) is 1. The average Bonchev–Trinajstić information content (AvgIpc) is 2.60. The highest BCUT2D eigenvalue weighted by Gasteiger charge is 2.20. The minimum absolute atomic E-state index is 0.149. The lowest BCUT2D eigenvalue weighted by Gasteiger charge is -2.17. The largest absolute Gasteiger partial charge is 0.445 e. The maximum Gasteiger partial charge on any atom is 0.407 e. The number of aliphatic hydroxyl groups is 2. The lowest BCUT2D eigenvalue weighted by Crippen LogP contribution is -2.30. The highest BCUT2D eigenvalue weighted by molar-refractivity contribution is 6.30. The molecule has 0 spiro atoms. The van der Waals surface area contributed by atoms with Crippen molar-refractivity contribution in [3.63, 3.8) is 0 Å². The monoisotopic (exact) mass is 350 g/mol. The molecular weight excluding hydrogens is 332 g/mol. The van der Waals surface area contributed by atoms with Gasteiger partial charge in [0.05, 0.1) is 11.8 Å². The second-order valence-corrected chi connectivity index (χ2v) is 5.62. The van der Waals surface area contributed by atoms with E-state index in [4.69, 9.17) is 16.3 Å². The molecule has 0 aliphatic heterocycles. The second-order valence-electron chi connectivity index (χ2n) is 5.19. The zero-order chi connectivity index (χ0) is 17.4. The Kier molecular flexibility index (Phi) is 6.99. The van der Waals surface area contributed by atoms with Crippen molar-refractivity contribution < 1.29 is 19.7 Å². The summed E-state index contributed by atoms with van der Waals surface area (Å²) in [6.45, 7) is 0.330. The van der Waals surface area contributed by atoms with E-state index >= 15 is 0 Å². The molecule has 128 valence electrons. The van der Waals surface area contributed by atoms with Crippen LogP contribution in [0.4, 0.5) is 4.79 Å². The van der Waals surface area contributed by atoms with Gasteiger partial charge < -0.3 is 20.3 Å².